The lowest BCUT2D eigenvalue weighted by molar-refractivity contribution is -0.131. The Kier molecular flexibility index (Phi) is 8.07. The van der Waals surface area contributed by atoms with Crippen molar-refractivity contribution in [2.24, 2.45) is 5.92 Å². The first-order valence-corrected chi connectivity index (χ1v) is 10.9. The molecule has 7 nitrogen and oxygen atoms in total. The van der Waals surface area contributed by atoms with Crippen molar-refractivity contribution in [2.75, 3.05) is 46.4 Å². The van der Waals surface area contributed by atoms with Crippen LogP contribution >= 0.6 is 0 Å². The van der Waals surface area contributed by atoms with Crippen LogP contribution in [0.25, 0.3) is 0 Å². The molecule has 0 bridgehead atoms. The molecule has 0 radical (unpaired) electrons. The fourth-order valence-corrected chi connectivity index (χ4v) is 4.40. The van der Waals surface area contributed by atoms with Gasteiger partial charge in [0.05, 0.1) is 12.0 Å². The van der Waals surface area contributed by atoms with Gasteiger partial charge in [-0.3, -0.25) is 4.79 Å². The molecule has 1 saturated heterocycles. The Morgan fingerprint density at radius 3 is 2.37 bits per heavy atom. The summed E-state index contributed by atoms with van der Waals surface area (Å²) in [5.41, 5.74) is 0. The molecule has 1 aromatic rings. The van der Waals surface area contributed by atoms with Gasteiger partial charge in [0.1, 0.15) is 5.75 Å². The molecule has 1 aliphatic heterocycles. The molecule has 1 aliphatic rings. The number of amides is 1. The highest BCUT2D eigenvalue weighted by Crippen LogP contribution is 2.21. The molecule has 1 amide bonds. The van der Waals surface area contributed by atoms with Gasteiger partial charge in [0.15, 0.2) is 0 Å². The summed E-state index contributed by atoms with van der Waals surface area (Å²) in [5.74, 6) is 0.995. The third-order valence-corrected chi connectivity index (χ3v) is 6.61. The van der Waals surface area contributed by atoms with Gasteiger partial charge in [-0.25, -0.2) is 8.42 Å². The van der Waals surface area contributed by atoms with Gasteiger partial charge in [-0.05, 0) is 36.6 Å². The number of methoxy groups -OCH3 is 1. The van der Waals surface area contributed by atoms with E-state index in [2.05, 4.69) is 19.2 Å². The summed E-state index contributed by atoms with van der Waals surface area (Å²) in [4.78, 5) is 14.5. The molecular formula is C19H31N3O4S. The van der Waals surface area contributed by atoms with E-state index in [1.807, 2.05) is 0 Å². The topological polar surface area (TPSA) is 79.0 Å². The third kappa shape index (κ3) is 6.19. The number of carbonyl (C=O) groups excluding carboxylic acids is 1. The van der Waals surface area contributed by atoms with Crippen molar-refractivity contribution < 1.29 is 17.9 Å². The summed E-state index contributed by atoms with van der Waals surface area (Å²) in [6, 6.07) is 6.38. The Morgan fingerprint density at radius 2 is 1.81 bits per heavy atom. The second kappa shape index (κ2) is 10.1. The zero-order valence-electron chi connectivity index (χ0n) is 16.5. The summed E-state index contributed by atoms with van der Waals surface area (Å²) >= 11 is 0. The Hall–Kier alpha value is -1.64. The maximum absolute atomic E-state index is 13.1. The van der Waals surface area contributed by atoms with E-state index in [0.717, 1.165) is 19.5 Å². The standard InChI is InChI=1S/C19H31N3O4S/c1-16(2)8-12-22(13-9-19(23)21-14-10-20-11-15-21)27(24,25)18-6-4-17(26-3)5-7-18/h4-7,16,20H,8-15H2,1-3H3. The Balaban J connectivity index is 2.10. The van der Waals surface area contributed by atoms with E-state index in [-0.39, 0.29) is 23.8 Å². The van der Waals surface area contributed by atoms with Crippen LogP contribution in [-0.4, -0.2) is 69.9 Å². The highest BCUT2D eigenvalue weighted by atomic mass is 32.2. The summed E-state index contributed by atoms with van der Waals surface area (Å²) < 4.78 is 32.7. The minimum absolute atomic E-state index is 0.0102. The van der Waals surface area contributed by atoms with Gasteiger partial charge in [0.25, 0.3) is 0 Å². The predicted molar refractivity (Wildman–Crippen MR) is 105 cm³/mol. The lowest BCUT2D eigenvalue weighted by atomic mass is 10.1. The smallest absolute Gasteiger partial charge is 0.243 e. The fourth-order valence-electron chi connectivity index (χ4n) is 2.94. The predicted octanol–water partition coefficient (Wildman–Crippen LogP) is 1.55. The normalized spacial score (nSPS) is 15.4. The maximum atomic E-state index is 13.1. The number of hydrogen-bond acceptors (Lipinski definition) is 5. The molecule has 27 heavy (non-hydrogen) atoms. The van der Waals surface area contributed by atoms with Crippen molar-refractivity contribution in [2.45, 2.75) is 31.6 Å². The quantitative estimate of drug-likeness (QED) is 0.684. The van der Waals surface area contributed by atoms with Gasteiger partial charge in [0, 0.05) is 45.7 Å². The minimum Gasteiger partial charge on any atom is -0.497 e. The first-order chi connectivity index (χ1) is 12.8. The lowest BCUT2D eigenvalue weighted by Gasteiger charge is -2.29. The van der Waals surface area contributed by atoms with Gasteiger partial charge >= 0.3 is 0 Å². The molecule has 0 aliphatic carbocycles. The maximum Gasteiger partial charge on any atom is 0.243 e. The molecular weight excluding hydrogens is 366 g/mol. The molecule has 0 atom stereocenters. The average molecular weight is 398 g/mol. The molecule has 0 unspecified atom stereocenters. The van der Waals surface area contributed by atoms with Crippen molar-refractivity contribution in [3.63, 3.8) is 0 Å². The van der Waals surface area contributed by atoms with Crippen LogP contribution in [0, 0.1) is 5.92 Å². The van der Waals surface area contributed by atoms with E-state index in [9.17, 15) is 13.2 Å². The summed E-state index contributed by atoms with van der Waals surface area (Å²) in [6.07, 6.45) is 0.949. The van der Waals surface area contributed by atoms with Crippen molar-refractivity contribution in [1.82, 2.24) is 14.5 Å². The average Bonchev–Trinajstić information content (AvgIpc) is 2.68. The molecule has 1 aromatic carbocycles. The molecule has 0 saturated carbocycles. The second-order valence-corrected chi connectivity index (χ2v) is 9.08. The number of sulfonamides is 1. The molecule has 1 N–H and O–H groups in total. The number of carbonyl (C=O) groups is 1. The van der Waals surface area contributed by atoms with Crippen LogP contribution in [0.2, 0.25) is 0 Å². The minimum atomic E-state index is -3.65. The van der Waals surface area contributed by atoms with Crippen LogP contribution in [0.15, 0.2) is 29.2 Å². The number of piperazine rings is 1. The third-order valence-electron chi connectivity index (χ3n) is 4.70. The second-order valence-electron chi connectivity index (χ2n) is 7.14. The Labute approximate surface area is 162 Å². The summed E-state index contributed by atoms with van der Waals surface area (Å²) in [6.45, 7) is 7.64. The van der Waals surface area contributed by atoms with Crippen molar-refractivity contribution in [1.29, 1.82) is 0 Å². The number of nitrogens with zero attached hydrogens (tertiary/aromatic N) is 2. The van der Waals surface area contributed by atoms with Gasteiger partial charge in [-0.1, -0.05) is 13.8 Å². The van der Waals surface area contributed by atoms with Crippen LogP contribution in [0.5, 0.6) is 5.75 Å². The van der Waals surface area contributed by atoms with E-state index in [1.54, 1.807) is 36.3 Å². The number of ether oxygens (including phenoxy) is 1. The van der Waals surface area contributed by atoms with Crippen molar-refractivity contribution in [3.8, 4) is 5.75 Å². The molecule has 2 rings (SSSR count). The number of nitrogens with one attached hydrogen (secondary N) is 1. The molecule has 0 aromatic heterocycles. The highest BCUT2D eigenvalue weighted by Gasteiger charge is 2.26. The number of hydrogen-bond donors (Lipinski definition) is 1. The Morgan fingerprint density at radius 1 is 1.19 bits per heavy atom. The molecule has 152 valence electrons. The molecule has 1 heterocycles. The SMILES string of the molecule is COc1ccc(S(=O)(=O)N(CCC(=O)N2CCNCC2)CCC(C)C)cc1. The van der Waals surface area contributed by atoms with Crippen LogP contribution in [0.4, 0.5) is 0 Å². The van der Waals surface area contributed by atoms with Gasteiger partial charge in [-0.15, -0.1) is 0 Å². The summed E-state index contributed by atoms with van der Waals surface area (Å²) in [7, 11) is -2.11. The van der Waals surface area contributed by atoms with E-state index in [0.29, 0.717) is 31.3 Å². The zero-order valence-corrected chi connectivity index (χ0v) is 17.3. The van der Waals surface area contributed by atoms with Crippen LogP contribution < -0.4 is 10.1 Å². The largest absolute Gasteiger partial charge is 0.497 e. The van der Waals surface area contributed by atoms with Crippen LogP contribution in [-0.2, 0) is 14.8 Å². The summed E-state index contributed by atoms with van der Waals surface area (Å²) in [5, 5.41) is 3.21. The first kappa shape index (κ1) is 21.7. The van der Waals surface area contributed by atoms with E-state index >= 15 is 0 Å². The van der Waals surface area contributed by atoms with Crippen molar-refractivity contribution in [3.05, 3.63) is 24.3 Å². The van der Waals surface area contributed by atoms with Gasteiger partial charge in [0.2, 0.25) is 15.9 Å². The monoisotopic (exact) mass is 397 g/mol. The number of rotatable bonds is 9. The van der Waals surface area contributed by atoms with Gasteiger partial charge < -0.3 is 15.0 Å². The number of benzene rings is 1. The van der Waals surface area contributed by atoms with Crippen LogP contribution in [0.1, 0.15) is 26.7 Å². The zero-order chi connectivity index (χ0) is 19.9. The Bertz CT molecular complexity index is 698. The molecule has 1 fully saturated rings. The highest BCUT2D eigenvalue weighted by molar-refractivity contribution is 7.89. The van der Waals surface area contributed by atoms with E-state index in [1.165, 1.54) is 4.31 Å². The van der Waals surface area contributed by atoms with E-state index < -0.39 is 10.0 Å². The molecule has 8 heteroatoms. The van der Waals surface area contributed by atoms with E-state index in [4.69, 9.17) is 4.74 Å². The first-order valence-electron chi connectivity index (χ1n) is 9.47. The lowest BCUT2D eigenvalue weighted by Crippen LogP contribution is -2.47. The fraction of sp³-hybridized carbons (Fsp3) is 0.632. The van der Waals surface area contributed by atoms with Gasteiger partial charge in [-0.2, -0.15) is 4.31 Å². The molecule has 0 spiro atoms. The van der Waals surface area contributed by atoms with Crippen LogP contribution in [0.3, 0.4) is 0 Å². The van der Waals surface area contributed by atoms with Crippen molar-refractivity contribution >= 4 is 15.9 Å².